The predicted octanol–water partition coefficient (Wildman–Crippen LogP) is 5.78. The van der Waals surface area contributed by atoms with Gasteiger partial charge in [-0.15, -0.1) is 0 Å². The van der Waals surface area contributed by atoms with Crippen molar-refractivity contribution in [1.29, 1.82) is 0 Å². The quantitative estimate of drug-likeness (QED) is 0.354. The van der Waals surface area contributed by atoms with Gasteiger partial charge in [-0.1, -0.05) is 35.1 Å². The number of halogens is 4. The minimum absolute atomic E-state index is 0.0432. The number of aromatic hydroxyl groups is 1. The average molecular weight is 649 g/mol. The van der Waals surface area contributed by atoms with Gasteiger partial charge in [0.05, 0.1) is 22.0 Å². The van der Waals surface area contributed by atoms with Crippen molar-refractivity contribution < 1.29 is 27.8 Å². The van der Waals surface area contributed by atoms with Crippen LogP contribution in [0.4, 0.5) is 18.0 Å². The van der Waals surface area contributed by atoms with E-state index in [0.717, 1.165) is 17.4 Å². The molecule has 3 aromatic rings. The average Bonchev–Trinajstić information content (AvgIpc) is 3.51. The number of ether oxygens (including phenoxy) is 1. The van der Waals surface area contributed by atoms with Gasteiger partial charge in [-0.3, -0.25) is 9.36 Å². The highest BCUT2D eigenvalue weighted by molar-refractivity contribution is 7.10. The van der Waals surface area contributed by atoms with Crippen LogP contribution in [-0.2, 0) is 23.9 Å². The molecule has 0 bridgehead atoms. The zero-order valence-corrected chi connectivity index (χ0v) is 25.9. The lowest BCUT2D eigenvalue weighted by Gasteiger charge is -2.30. The van der Waals surface area contributed by atoms with Crippen LogP contribution in [0.1, 0.15) is 68.0 Å². The number of carbonyl (C=O) groups excluding carboxylic acids is 1. The molecule has 1 aromatic heterocycles. The molecule has 2 heterocycles. The number of nitrogens with zero attached hydrogens (tertiary/aromatic N) is 3. The van der Waals surface area contributed by atoms with Gasteiger partial charge >= 0.3 is 17.1 Å². The van der Waals surface area contributed by atoms with E-state index >= 15 is 0 Å². The van der Waals surface area contributed by atoms with E-state index in [9.17, 15) is 27.9 Å². The molecule has 234 valence electrons. The van der Waals surface area contributed by atoms with E-state index in [4.69, 9.17) is 16.3 Å². The number of hydrogen-bond acceptors (Lipinski definition) is 7. The minimum Gasteiger partial charge on any atom is -0.493 e. The Kier molecular flexibility index (Phi) is 8.95. The number of alkyl halides is 3. The molecule has 2 aromatic carbocycles. The Bertz CT molecular complexity index is 1780. The van der Waals surface area contributed by atoms with Crippen molar-refractivity contribution in [1.82, 2.24) is 9.88 Å². The highest BCUT2D eigenvalue weighted by atomic mass is 35.5. The Balaban J connectivity index is 1.44. The van der Waals surface area contributed by atoms with Gasteiger partial charge in [0.1, 0.15) is 5.60 Å². The summed E-state index contributed by atoms with van der Waals surface area (Å²) in [4.78, 5) is 25.2. The maximum absolute atomic E-state index is 14.0. The molecule has 0 unspecified atom stereocenters. The number of nitrogens with one attached hydrogen (secondary N) is 1. The number of hydrogen-bond donors (Lipinski definition) is 2. The molecule has 13 heteroatoms. The van der Waals surface area contributed by atoms with E-state index in [1.807, 2.05) is 0 Å². The maximum Gasteiger partial charge on any atom is 0.416 e. The highest BCUT2D eigenvalue weighted by Crippen LogP contribution is 2.37. The zero-order valence-electron chi connectivity index (χ0n) is 24.4. The minimum atomic E-state index is -4.66. The van der Waals surface area contributed by atoms with Crippen molar-refractivity contribution >= 4 is 40.8 Å². The van der Waals surface area contributed by atoms with E-state index < -0.39 is 28.3 Å². The normalized spacial score (nSPS) is 18.9. The molecule has 5 rings (SSSR count). The van der Waals surface area contributed by atoms with Crippen LogP contribution < -0.4 is 20.8 Å². The number of amides is 1. The largest absolute Gasteiger partial charge is 0.493 e. The molecule has 0 spiro atoms. The van der Waals surface area contributed by atoms with Gasteiger partial charge in [-0.05, 0) is 93.0 Å². The first-order valence-electron chi connectivity index (χ1n) is 14.2. The fraction of sp³-hybridized carbons (Fsp3) is 0.419. The summed E-state index contributed by atoms with van der Waals surface area (Å²) < 4.78 is 48.7. The summed E-state index contributed by atoms with van der Waals surface area (Å²) in [5.41, 5.74) is -0.488. The van der Waals surface area contributed by atoms with Crippen LogP contribution in [0.2, 0.25) is 5.02 Å². The summed E-state index contributed by atoms with van der Waals surface area (Å²) in [6, 6.07) is 8.66. The fourth-order valence-electron chi connectivity index (χ4n) is 5.54. The van der Waals surface area contributed by atoms with E-state index in [1.165, 1.54) is 16.7 Å². The summed E-state index contributed by atoms with van der Waals surface area (Å²) in [5, 5.41) is 23.3. The van der Waals surface area contributed by atoms with Crippen LogP contribution in [0.5, 0.6) is 5.88 Å². The summed E-state index contributed by atoms with van der Waals surface area (Å²) >= 11 is 6.72. The Labute approximate surface area is 260 Å². The van der Waals surface area contributed by atoms with Gasteiger partial charge in [-0.2, -0.15) is 23.4 Å². The smallest absolute Gasteiger partial charge is 0.416 e. The number of carbonyl (C=O) groups is 1. The van der Waals surface area contributed by atoms with Gasteiger partial charge in [-0.25, -0.2) is 4.79 Å². The third kappa shape index (κ3) is 7.35. The van der Waals surface area contributed by atoms with Crippen molar-refractivity contribution in [3.8, 4) is 5.88 Å². The van der Waals surface area contributed by atoms with Crippen molar-refractivity contribution in [2.75, 3.05) is 0 Å². The Hall–Kier alpha value is -3.64. The maximum atomic E-state index is 14.0. The Morgan fingerprint density at radius 2 is 1.86 bits per heavy atom. The second-order valence-electron chi connectivity index (χ2n) is 12.1. The molecule has 1 amide bonds. The van der Waals surface area contributed by atoms with Gasteiger partial charge in [0.15, 0.2) is 0 Å². The van der Waals surface area contributed by atoms with Crippen molar-refractivity contribution in [3.05, 3.63) is 83.2 Å². The second kappa shape index (κ2) is 12.4. The van der Waals surface area contributed by atoms with E-state index in [-0.39, 0.29) is 46.3 Å². The van der Waals surface area contributed by atoms with Gasteiger partial charge < -0.3 is 15.2 Å². The van der Waals surface area contributed by atoms with E-state index in [1.54, 1.807) is 45.2 Å². The third-order valence-corrected chi connectivity index (χ3v) is 8.90. The molecule has 1 fully saturated rings. The van der Waals surface area contributed by atoms with Crippen molar-refractivity contribution in [2.24, 2.45) is 16.1 Å². The Morgan fingerprint density at radius 3 is 2.55 bits per heavy atom. The first-order valence-corrected chi connectivity index (χ1v) is 15.4. The third-order valence-electron chi connectivity index (χ3n) is 7.63. The van der Waals surface area contributed by atoms with Crippen molar-refractivity contribution in [2.45, 2.75) is 77.2 Å². The molecule has 0 radical (unpaired) electrons. The lowest BCUT2D eigenvalue weighted by molar-refractivity contribution is -0.138. The SMILES string of the molecule is CC(C)(C)OC(=O)NC1CCC(Cn2c(O)c(C(Cc3ccc(Cl)cc3C(F)(F)F)=c3ccc4c(c3)C=NN=4)sc2=O)CC1. The number of benzene rings is 2. The van der Waals surface area contributed by atoms with Gasteiger partial charge in [0.25, 0.3) is 0 Å². The predicted molar refractivity (Wildman–Crippen MR) is 163 cm³/mol. The van der Waals surface area contributed by atoms with Gasteiger partial charge in [0.2, 0.25) is 5.88 Å². The van der Waals surface area contributed by atoms with Crippen LogP contribution in [0.25, 0.3) is 5.57 Å². The van der Waals surface area contributed by atoms with Crippen molar-refractivity contribution in [3.63, 3.8) is 0 Å². The Morgan fingerprint density at radius 1 is 1.14 bits per heavy atom. The summed E-state index contributed by atoms with van der Waals surface area (Å²) in [7, 11) is 0. The molecule has 1 aliphatic carbocycles. The molecule has 2 aliphatic rings. The molecular weight excluding hydrogens is 617 g/mol. The molecule has 8 nitrogen and oxygen atoms in total. The molecule has 0 saturated heterocycles. The molecular formula is C31H32ClF3N4O4S. The number of thiazole rings is 1. The van der Waals surface area contributed by atoms with Crippen LogP contribution in [-0.4, -0.2) is 33.6 Å². The van der Waals surface area contributed by atoms with Gasteiger partial charge in [0, 0.05) is 29.6 Å². The summed E-state index contributed by atoms with van der Waals surface area (Å²) in [5.74, 6) is -0.225. The lowest BCUT2D eigenvalue weighted by Crippen LogP contribution is -2.41. The molecule has 1 aliphatic heterocycles. The van der Waals surface area contributed by atoms with E-state index in [2.05, 4.69) is 15.5 Å². The first-order chi connectivity index (χ1) is 20.7. The number of alkyl carbamates (subject to hydrolysis) is 1. The van der Waals surface area contributed by atoms with Crippen LogP contribution in [0, 0.1) is 5.92 Å². The first kappa shape index (κ1) is 31.8. The second-order valence-corrected chi connectivity index (χ2v) is 13.5. The molecule has 2 N–H and O–H groups in total. The number of aromatic nitrogens is 1. The molecule has 0 atom stereocenters. The summed E-state index contributed by atoms with van der Waals surface area (Å²) in [6.45, 7) is 5.64. The monoisotopic (exact) mass is 648 g/mol. The zero-order chi connectivity index (χ0) is 31.8. The molecule has 44 heavy (non-hydrogen) atoms. The van der Waals surface area contributed by atoms with Crippen LogP contribution in [0.15, 0.2) is 51.4 Å². The summed E-state index contributed by atoms with van der Waals surface area (Å²) in [6.07, 6.45) is -1.01. The number of fused-ring (bicyclic) bond motifs is 1. The topological polar surface area (TPSA) is 105 Å². The van der Waals surface area contributed by atoms with Crippen LogP contribution >= 0.6 is 22.9 Å². The number of rotatable bonds is 6. The standard InChI is InChI=1S/C31H32ClF3N4O4S/c1-30(2,3)43-28(41)37-22-9-4-17(5-10-22)16-39-27(40)26(44-29(39)42)23(18-7-11-25-20(12-18)15-36-38-25)13-19-6-8-21(32)14-24(19)31(33,34)35/h6-8,11-12,14-15,17,22,40H,4-5,9-10,13,16H2,1-3H3,(H,37,41). The fourth-order valence-corrected chi connectivity index (χ4v) is 6.67. The lowest BCUT2D eigenvalue weighted by atomic mass is 9.86. The highest BCUT2D eigenvalue weighted by Gasteiger charge is 2.34. The van der Waals surface area contributed by atoms with E-state index in [0.29, 0.717) is 47.4 Å². The molecule has 1 saturated carbocycles. The van der Waals surface area contributed by atoms with Crippen LogP contribution in [0.3, 0.4) is 0 Å².